The Labute approximate surface area is 160 Å². The Morgan fingerprint density at radius 3 is 2.07 bits per heavy atom. The van der Waals surface area contributed by atoms with Gasteiger partial charge in [0, 0.05) is 0 Å². The van der Waals surface area contributed by atoms with Crippen molar-refractivity contribution in [3.05, 3.63) is 97.1 Å². The van der Waals surface area contributed by atoms with Crippen LogP contribution in [0.2, 0.25) is 0 Å². The molecule has 0 aliphatic heterocycles. The van der Waals surface area contributed by atoms with Gasteiger partial charge in [-0.3, -0.25) is 4.31 Å². The number of para-hydroxylation sites is 1. The number of anilines is 1. The van der Waals surface area contributed by atoms with E-state index in [4.69, 9.17) is 4.74 Å². The number of hydrogen-bond donors (Lipinski definition) is 0. The van der Waals surface area contributed by atoms with E-state index in [1.807, 2.05) is 37.3 Å². The third-order valence-corrected chi connectivity index (χ3v) is 5.82. The molecule has 0 atom stereocenters. The molecule has 138 valence electrons. The van der Waals surface area contributed by atoms with Gasteiger partial charge in [0.25, 0.3) is 10.0 Å². The minimum Gasteiger partial charge on any atom is -0.457 e. The van der Waals surface area contributed by atoms with Crippen molar-refractivity contribution < 1.29 is 13.2 Å². The lowest BCUT2D eigenvalue weighted by atomic mass is 10.2. The number of nitrogens with zero attached hydrogens (tertiary/aromatic N) is 1. The van der Waals surface area contributed by atoms with Crippen LogP contribution in [0.15, 0.2) is 96.4 Å². The molecular weight excluding hydrogens is 358 g/mol. The minimum absolute atomic E-state index is 0.176. The Morgan fingerprint density at radius 1 is 0.889 bits per heavy atom. The van der Waals surface area contributed by atoms with E-state index in [0.29, 0.717) is 11.4 Å². The lowest BCUT2D eigenvalue weighted by Gasteiger charge is -2.23. The second-order valence-electron chi connectivity index (χ2n) is 6.05. The normalized spacial score (nSPS) is 11.0. The second-order valence-corrected chi connectivity index (χ2v) is 7.91. The molecule has 3 rings (SSSR count). The number of ether oxygens (including phenoxy) is 1. The Morgan fingerprint density at radius 2 is 1.48 bits per heavy atom. The molecule has 5 heteroatoms. The molecule has 0 heterocycles. The summed E-state index contributed by atoms with van der Waals surface area (Å²) in [5.74, 6) is 1.36. The molecule has 0 aromatic heterocycles. The van der Waals surface area contributed by atoms with Crippen molar-refractivity contribution in [2.24, 2.45) is 0 Å². The molecule has 0 fully saturated rings. The van der Waals surface area contributed by atoms with Crippen molar-refractivity contribution >= 4 is 15.7 Å². The number of rotatable bonds is 7. The zero-order valence-corrected chi connectivity index (χ0v) is 15.9. The quantitative estimate of drug-likeness (QED) is 0.532. The molecule has 0 aliphatic rings. The number of aryl methyl sites for hydroxylation is 1. The van der Waals surface area contributed by atoms with Gasteiger partial charge < -0.3 is 4.74 Å². The van der Waals surface area contributed by atoms with Crippen LogP contribution in [-0.4, -0.2) is 15.0 Å². The van der Waals surface area contributed by atoms with Gasteiger partial charge in [-0.25, -0.2) is 8.42 Å². The number of sulfonamides is 1. The maximum atomic E-state index is 13.1. The van der Waals surface area contributed by atoms with Gasteiger partial charge in [-0.05, 0) is 55.5 Å². The zero-order valence-electron chi connectivity index (χ0n) is 15.1. The van der Waals surface area contributed by atoms with Gasteiger partial charge in [0.05, 0.1) is 17.1 Å². The van der Waals surface area contributed by atoms with Crippen molar-refractivity contribution in [1.29, 1.82) is 0 Å². The van der Waals surface area contributed by atoms with Crippen LogP contribution in [0.4, 0.5) is 5.69 Å². The summed E-state index contributed by atoms with van der Waals surface area (Å²) >= 11 is 0. The van der Waals surface area contributed by atoms with E-state index >= 15 is 0 Å². The molecule has 0 N–H and O–H groups in total. The van der Waals surface area contributed by atoms with Crippen molar-refractivity contribution in [3.63, 3.8) is 0 Å². The molecule has 0 saturated heterocycles. The van der Waals surface area contributed by atoms with E-state index in [1.54, 1.807) is 54.6 Å². The predicted octanol–water partition coefficient (Wildman–Crippen LogP) is 5.17. The van der Waals surface area contributed by atoms with Crippen molar-refractivity contribution in [2.75, 3.05) is 10.8 Å². The maximum Gasteiger partial charge on any atom is 0.264 e. The summed E-state index contributed by atoms with van der Waals surface area (Å²) in [5, 5.41) is 0. The molecule has 4 nitrogen and oxygen atoms in total. The molecular formula is C22H21NO3S. The highest BCUT2D eigenvalue weighted by Crippen LogP contribution is 2.28. The molecule has 0 bridgehead atoms. The van der Waals surface area contributed by atoms with Gasteiger partial charge in [-0.15, -0.1) is 6.58 Å². The van der Waals surface area contributed by atoms with E-state index in [0.717, 1.165) is 11.3 Å². The third kappa shape index (κ3) is 4.38. The summed E-state index contributed by atoms with van der Waals surface area (Å²) in [6.07, 6.45) is 1.57. The van der Waals surface area contributed by atoms with Gasteiger partial charge in [0.2, 0.25) is 0 Å². The second kappa shape index (κ2) is 8.10. The molecule has 3 aromatic rings. The van der Waals surface area contributed by atoms with Crippen LogP contribution in [0.5, 0.6) is 11.5 Å². The largest absolute Gasteiger partial charge is 0.457 e. The van der Waals surface area contributed by atoms with Crippen LogP contribution in [-0.2, 0) is 10.0 Å². The fourth-order valence-corrected chi connectivity index (χ4v) is 4.04. The van der Waals surface area contributed by atoms with E-state index < -0.39 is 10.0 Å². The van der Waals surface area contributed by atoms with Gasteiger partial charge in [0.1, 0.15) is 11.5 Å². The molecule has 0 spiro atoms. The lowest BCUT2D eigenvalue weighted by molar-refractivity contribution is 0.482. The fraction of sp³-hybridized carbons (Fsp3) is 0.0909. The molecule has 27 heavy (non-hydrogen) atoms. The Hall–Kier alpha value is -3.05. The monoisotopic (exact) mass is 379 g/mol. The average Bonchev–Trinajstić information content (AvgIpc) is 2.68. The molecule has 0 unspecified atom stereocenters. The first-order chi connectivity index (χ1) is 13.0. The summed E-state index contributed by atoms with van der Waals surface area (Å²) in [7, 11) is -3.68. The Balaban J connectivity index is 1.88. The fourth-order valence-electron chi connectivity index (χ4n) is 2.60. The van der Waals surface area contributed by atoms with Gasteiger partial charge in [-0.2, -0.15) is 0 Å². The highest BCUT2D eigenvalue weighted by Gasteiger charge is 2.23. The van der Waals surface area contributed by atoms with Crippen LogP contribution >= 0.6 is 0 Å². The summed E-state index contributed by atoms with van der Waals surface area (Å²) in [6, 6.07) is 23.2. The topological polar surface area (TPSA) is 46.6 Å². The van der Waals surface area contributed by atoms with E-state index in [2.05, 4.69) is 6.58 Å². The third-order valence-electron chi connectivity index (χ3n) is 4.01. The first-order valence-corrected chi connectivity index (χ1v) is 9.98. The summed E-state index contributed by atoms with van der Waals surface area (Å²) in [6.45, 7) is 5.79. The van der Waals surface area contributed by atoms with Crippen LogP contribution in [0.25, 0.3) is 0 Å². The standard InChI is InChI=1S/C22H21NO3S/c1-3-17-23(27(24,25)22-15-9-18(2)10-16-22)19-11-13-21(14-12-19)26-20-7-5-4-6-8-20/h3-16H,1,17H2,2H3. The smallest absolute Gasteiger partial charge is 0.264 e. The van der Waals surface area contributed by atoms with Gasteiger partial charge >= 0.3 is 0 Å². The highest BCUT2D eigenvalue weighted by atomic mass is 32.2. The van der Waals surface area contributed by atoms with Crippen molar-refractivity contribution in [3.8, 4) is 11.5 Å². The average molecular weight is 379 g/mol. The maximum absolute atomic E-state index is 13.1. The Kier molecular flexibility index (Phi) is 5.62. The van der Waals surface area contributed by atoms with E-state index in [1.165, 1.54) is 4.31 Å². The molecule has 0 radical (unpaired) electrons. The molecule has 0 aliphatic carbocycles. The SMILES string of the molecule is C=CCN(c1ccc(Oc2ccccc2)cc1)S(=O)(=O)c1ccc(C)cc1. The Bertz CT molecular complexity index is 996. The van der Waals surface area contributed by atoms with Crippen molar-refractivity contribution in [1.82, 2.24) is 0 Å². The van der Waals surface area contributed by atoms with E-state index in [-0.39, 0.29) is 11.4 Å². The first-order valence-electron chi connectivity index (χ1n) is 8.54. The summed E-state index contributed by atoms with van der Waals surface area (Å²) < 4.78 is 33.2. The number of benzene rings is 3. The van der Waals surface area contributed by atoms with E-state index in [9.17, 15) is 8.42 Å². The van der Waals surface area contributed by atoms with Crippen LogP contribution < -0.4 is 9.04 Å². The van der Waals surface area contributed by atoms with Crippen molar-refractivity contribution in [2.45, 2.75) is 11.8 Å². The first kappa shape index (κ1) is 18.7. The molecule has 3 aromatic carbocycles. The van der Waals surface area contributed by atoms with Crippen LogP contribution in [0.1, 0.15) is 5.56 Å². The highest BCUT2D eigenvalue weighted by molar-refractivity contribution is 7.92. The van der Waals surface area contributed by atoms with Crippen LogP contribution in [0, 0.1) is 6.92 Å². The zero-order chi connectivity index (χ0) is 19.3. The summed E-state index contributed by atoms with van der Waals surface area (Å²) in [5.41, 5.74) is 1.56. The summed E-state index contributed by atoms with van der Waals surface area (Å²) in [4.78, 5) is 0.250. The van der Waals surface area contributed by atoms with Gasteiger partial charge in [0.15, 0.2) is 0 Å². The van der Waals surface area contributed by atoms with Crippen LogP contribution in [0.3, 0.4) is 0 Å². The minimum atomic E-state index is -3.68. The predicted molar refractivity (Wildman–Crippen MR) is 109 cm³/mol. The lowest BCUT2D eigenvalue weighted by Crippen LogP contribution is -2.31. The molecule has 0 saturated carbocycles. The molecule has 0 amide bonds. The number of hydrogen-bond acceptors (Lipinski definition) is 3. The van der Waals surface area contributed by atoms with Gasteiger partial charge in [-0.1, -0.05) is 42.0 Å².